The molecule has 0 fully saturated rings. The predicted octanol–water partition coefficient (Wildman–Crippen LogP) is 3.01. The molecule has 0 aliphatic heterocycles. The van der Waals surface area contributed by atoms with E-state index in [2.05, 4.69) is 10.3 Å². The van der Waals surface area contributed by atoms with Gasteiger partial charge in [-0.25, -0.2) is 4.98 Å². The predicted molar refractivity (Wildman–Crippen MR) is 77.2 cm³/mol. The van der Waals surface area contributed by atoms with Crippen LogP contribution in [0.15, 0.2) is 12.3 Å². The lowest BCUT2D eigenvalue weighted by molar-refractivity contribution is -0.138. The number of rotatable bonds is 4. The number of carbonyl (C=O) groups is 2. The van der Waals surface area contributed by atoms with Gasteiger partial charge < -0.3 is 10.4 Å². The quantitative estimate of drug-likeness (QED) is 0.836. The lowest BCUT2D eigenvalue weighted by Gasteiger charge is -2.30. The van der Waals surface area contributed by atoms with E-state index < -0.39 is 23.3 Å². The third-order valence-electron chi connectivity index (χ3n) is 2.79. The number of carboxylic acid groups (broad SMARTS) is 1. The molecule has 0 aliphatic carbocycles. The SMILES string of the molecule is CC(C)(C)C(CC(=O)O)NC(=O)c1cnc(Cl)c(Cl)c1. The van der Waals surface area contributed by atoms with Crippen molar-refractivity contribution in [2.45, 2.75) is 33.2 Å². The van der Waals surface area contributed by atoms with Crippen LogP contribution >= 0.6 is 23.2 Å². The summed E-state index contributed by atoms with van der Waals surface area (Å²) < 4.78 is 0. The van der Waals surface area contributed by atoms with Crippen LogP contribution in [0.4, 0.5) is 0 Å². The van der Waals surface area contributed by atoms with Crippen LogP contribution in [-0.4, -0.2) is 28.0 Å². The molecular weight excluding hydrogens is 303 g/mol. The zero-order chi connectivity index (χ0) is 15.5. The molecule has 1 heterocycles. The van der Waals surface area contributed by atoms with Gasteiger partial charge in [0.05, 0.1) is 17.0 Å². The minimum Gasteiger partial charge on any atom is -0.481 e. The molecule has 0 saturated carbocycles. The monoisotopic (exact) mass is 318 g/mol. The highest BCUT2D eigenvalue weighted by Gasteiger charge is 2.28. The van der Waals surface area contributed by atoms with E-state index in [0.29, 0.717) is 0 Å². The van der Waals surface area contributed by atoms with E-state index in [4.69, 9.17) is 28.3 Å². The van der Waals surface area contributed by atoms with Crippen molar-refractivity contribution in [2.24, 2.45) is 5.41 Å². The fraction of sp³-hybridized carbons (Fsp3) is 0.462. The van der Waals surface area contributed by atoms with Crippen molar-refractivity contribution in [2.75, 3.05) is 0 Å². The number of hydrogen-bond donors (Lipinski definition) is 2. The first-order chi connectivity index (χ1) is 9.11. The standard InChI is InChI=1S/C13H16Cl2N2O3/c1-13(2,3)9(5-10(18)19)17-12(20)7-4-8(14)11(15)16-6-7/h4,6,9H,5H2,1-3H3,(H,17,20)(H,18,19). The first-order valence-electron chi connectivity index (χ1n) is 5.95. The normalized spacial score (nSPS) is 12.8. The summed E-state index contributed by atoms with van der Waals surface area (Å²) >= 11 is 11.5. The smallest absolute Gasteiger partial charge is 0.305 e. The molecule has 0 saturated heterocycles. The van der Waals surface area contributed by atoms with E-state index in [-0.39, 0.29) is 22.2 Å². The molecule has 1 unspecified atom stereocenters. The number of nitrogens with one attached hydrogen (secondary N) is 1. The van der Waals surface area contributed by atoms with Gasteiger partial charge in [0, 0.05) is 12.2 Å². The molecule has 0 aliphatic rings. The number of amides is 1. The zero-order valence-corrected chi connectivity index (χ0v) is 12.9. The van der Waals surface area contributed by atoms with E-state index in [0.717, 1.165) is 0 Å². The number of aliphatic carboxylic acids is 1. The van der Waals surface area contributed by atoms with E-state index >= 15 is 0 Å². The molecule has 0 radical (unpaired) electrons. The van der Waals surface area contributed by atoms with Crippen LogP contribution < -0.4 is 5.32 Å². The van der Waals surface area contributed by atoms with Crippen LogP contribution in [0.3, 0.4) is 0 Å². The number of halogens is 2. The van der Waals surface area contributed by atoms with Crippen LogP contribution in [0, 0.1) is 5.41 Å². The van der Waals surface area contributed by atoms with Crippen molar-refractivity contribution in [3.8, 4) is 0 Å². The second kappa shape index (κ2) is 6.41. The van der Waals surface area contributed by atoms with Gasteiger partial charge in [0.15, 0.2) is 0 Å². The van der Waals surface area contributed by atoms with Crippen molar-refractivity contribution in [1.29, 1.82) is 0 Å². The van der Waals surface area contributed by atoms with Gasteiger partial charge in [-0.15, -0.1) is 0 Å². The Kier molecular flexibility index (Phi) is 5.36. The van der Waals surface area contributed by atoms with Gasteiger partial charge >= 0.3 is 5.97 Å². The summed E-state index contributed by atoms with van der Waals surface area (Å²) in [6.07, 6.45) is 1.13. The number of nitrogens with zero attached hydrogens (tertiary/aromatic N) is 1. The lowest BCUT2D eigenvalue weighted by atomic mass is 9.84. The van der Waals surface area contributed by atoms with Gasteiger partial charge in [-0.3, -0.25) is 9.59 Å². The Morgan fingerprint density at radius 1 is 1.40 bits per heavy atom. The molecule has 110 valence electrons. The fourth-order valence-corrected chi connectivity index (χ4v) is 1.81. The van der Waals surface area contributed by atoms with E-state index in [1.165, 1.54) is 12.3 Å². The van der Waals surface area contributed by atoms with Crippen LogP contribution in [0.2, 0.25) is 10.2 Å². The number of pyridine rings is 1. The highest BCUT2D eigenvalue weighted by molar-refractivity contribution is 6.41. The largest absolute Gasteiger partial charge is 0.481 e. The average molecular weight is 319 g/mol. The highest BCUT2D eigenvalue weighted by Crippen LogP contribution is 2.23. The topological polar surface area (TPSA) is 79.3 Å². The highest BCUT2D eigenvalue weighted by atomic mass is 35.5. The molecule has 2 N–H and O–H groups in total. The first-order valence-corrected chi connectivity index (χ1v) is 6.70. The lowest BCUT2D eigenvalue weighted by Crippen LogP contribution is -2.45. The summed E-state index contributed by atoms with van der Waals surface area (Å²) in [5, 5.41) is 11.9. The van der Waals surface area contributed by atoms with Gasteiger partial charge in [0.1, 0.15) is 5.15 Å². The van der Waals surface area contributed by atoms with Crippen molar-refractivity contribution in [3.05, 3.63) is 28.0 Å². The van der Waals surface area contributed by atoms with Crippen LogP contribution in [0.25, 0.3) is 0 Å². The summed E-state index contributed by atoms with van der Waals surface area (Å²) in [6, 6.07) is 0.883. The van der Waals surface area contributed by atoms with Crippen LogP contribution in [0.5, 0.6) is 0 Å². The fourth-order valence-electron chi connectivity index (χ4n) is 1.54. The summed E-state index contributed by atoms with van der Waals surface area (Å²) in [6.45, 7) is 5.57. The van der Waals surface area contributed by atoms with Gasteiger partial charge in [-0.05, 0) is 11.5 Å². The third kappa shape index (κ3) is 4.65. The maximum atomic E-state index is 12.1. The van der Waals surface area contributed by atoms with Crippen molar-refractivity contribution >= 4 is 35.1 Å². The first kappa shape index (κ1) is 16.7. The molecule has 0 aromatic carbocycles. The maximum Gasteiger partial charge on any atom is 0.305 e. The van der Waals surface area contributed by atoms with Crippen molar-refractivity contribution in [3.63, 3.8) is 0 Å². The molecule has 1 aromatic heterocycles. The molecule has 7 heteroatoms. The minimum atomic E-state index is -0.975. The third-order valence-corrected chi connectivity index (χ3v) is 3.47. The Labute approximate surface area is 127 Å². The molecule has 1 amide bonds. The number of hydrogen-bond acceptors (Lipinski definition) is 3. The summed E-state index contributed by atoms with van der Waals surface area (Å²) in [5.74, 6) is -1.41. The molecule has 0 bridgehead atoms. The van der Waals surface area contributed by atoms with Gasteiger partial charge in [-0.1, -0.05) is 44.0 Å². The van der Waals surface area contributed by atoms with Gasteiger partial charge in [0.2, 0.25) is 0 Å². The van der Waals surface area contributed by atoms with Crippen molar-refractivity contribution in [1.82, 2.24) is 10.3 Å². The molecule has 0 spiro atoms. The van der Waals surface area contributed by atoms with Crippen molar-refractivity contribution < 1.29 is 14.7 Å². The summed E-state index contributed by atoms with van der Waals surface area (Å²) in [5.41, 5.74) is -0.156. The Bertz CT molecular complexity index is 527. The molecule has 1 rings (SSSR count). The maximum absolute atomic E-state index is 12.1. The Hall–Kier alpha value is -1.33. The number of carbonyl (C=O) groups excluding carboxylic acids is 1. The Morgan fingerprint density at radius 2 is 2.00 bits per heavy atom. The van der Waals surface area contributed by atoms with Crippen LogP contribution in [-0.2, 0) is 4.79 Å². The minimum absolute atomic E-state index is 0.112. The summed E-state index contributed by atoms with van der Waals surface area (Å²) in [7, 11) is 0. The van der Waals surface area contributed by atoms with E-state index in [9.17, 15) is 9.59 Å². The van der Waals surface area contributed by atoms with Gasteiger partial charge in [-0.2, -0.15) is 0 Å². The average Bonchev–Trinajstić information content (AvgIpc) is 2.30. The van der Waals surface area contributed by atoms with E-state index in [1.54, 1.807) is 0 Å². The number of carboxylic acids is 1. The molecule has 5 nitrogen and oxygen atoms in total. The molecule has 1 atom stereocenters. The second-order valence-corrected chi connectivity index (χ2v) is 6.25. The Balaban J connectivity index is 2.90. The zero-order valence-electron chi connectivity index (χ0n) is 11.4. The summed E-state index contributed by atoms with van der Waals surface area (Å²) in [4.78, 5) is 26.8. The molecule has 1 aromatic rings. The second-order valence-electron chi connectivity index (χ2n) is 5.49. The number of aromatic nitrogens is 1. The van der Waals surface area contributed by atoms with E-state index in [1.807, 2.05) is 20.8 Å². The van der Waals surface area contributed by atoms with Gasteiger partial charge in [0.25, 0.3) is 5.91 Å². The van der Waals surface area contributed by atoms with Crippen LogP contribution in [0.1, 0.15) is 37.6 Å². The molecule has 20 heavy (non-hydrogen) atoms. The molecular formula is C13H16Cl2N2O3. The Morgan fingerprint density at radius 3 is 2.45 bits per heavy atom.